The number of H-pyrrole nitrogens is 2. The van der Waals surface area contributed by atoms with E-state index in [0.29, 0.717) is 17.5 Å². The number of hydrogen-bond donors (Lipinski definition) is 2. The van der Waals surface area contributed by atoms with Crippen molar-refractivity contribution in [1.29, 1.82) is 0 Å². The summed E-state index contributed by atoms with van der Waals surface area (Å²) in [5.41, 5.74) is -0.352. The van der Waals surface area contributed by atoms with E-state index >= 15 is 0 Å². The van der Waals surface area contributed by atoms with Crippen LogP contribution in [0.3, 0.4) is 0 Å². The molecule has 10 nitrogen and oxygen atoms in total. The van der Waals surface area contributed by atoms with Crippen LogP contribution in [0.15, 0.2) is 28.3 Å². The van der Waals surface area contributed by atoms with Gasteiger partial charge in [-0.2, -0.15) is 0 Å². The molecule has 0 unspecified atom stereocenters. The predicted molar refractivity (Wildman–Crippen MR) is 87.9 cm³/mol. The van der Waals surface area contributed by atoms with Crippen LogP contribution in [0.25, 0.3) is 16.7 Å². The second kappa shape index (κ2) is 5.24. The van der Waals surface area contributed by atoms with Gasteiger partial charge in [-0.3, -0.25) is 9.78 Å². The van der Waals surface area contributed by atoms with Gasteiger partial charge in [-0.15, -0.1) is 5.10 Å². The van der Waals surface area contributed by atoms with E-state index in [2.05, 4.69) is 29.9 Å². The van der Waals surface area contributed by atoms with E-state index in [1.165, 1.54) is 17.2 Å². The third kappa shape index (κ3) is 2.25. The highest BCUT2D eigenvalue weighted by molar-refractivity contribution is 5.86. The van der Waals surface area contributed by atoms with Gasteiger partial charge < -0.3 is 14.6 Å². The summed E-state index contributed by atoms with van der Waals surface area (Å²) >= 11 is 0. The van der Waals surface area contributed by atoms with Crippen LogP contribution in [0.4, 0.5) is 5.82 Å². The number of aromatic amines is 2. The lowest BCUT2D eigenvalue weighted by Crippen LogP contribution is -2.25. The van der Waals surface area contributed by atoms with Crippen molar-refractivity contribution in [3.05, 3.63) is 39.6 Å². The van der Waals surface area contributed by atoms with Crippen molar-refractivity contribution >= 4 is 16.9 Å². The molecule has 2 fully saturated rings. The van der Waals surface area contributed by atoms with Crippen LogP contribution < -0.4 is 16.1 Å². The molecule has 0 spiro atoms. The van der Waals surface area contributed by atoms with Gasteiger partial charge in [-0.25, -0.2) is 19.4 Å². The molecule has 0 amide bonds. The molecule has 2 aliphatic heterocycles. The Morgan fingerprint density at radius 1 is 1.16 bits per heavy atom. The van der Waals surface area contributed by atoms with Gasteiger partial charge in [0.15, 0.2) is 5.65 Å². The molecule has 0 radical (unpaired) electrons. The van der Waals surface area contributed by atoms with E-state index < -0.39 is 11.2 Å². The Hall–Kier alpha value is -3.01. The van der Waals surface area contributed by atoms with E-state index in [0.717, 1.165) is 37.5 Å². The lowest BCUT2D eigenvalue weighted by atomic mass is 10.0. The summed E-state index contributed by atoms with van der Waals surface area (Å²) in [6, 6.07) is 0. The first kappa shape index (κ1) is 14.3. The lowest BCUT2D eigenvalue weighted by Gasteiger charge is -2.18. The predicted octanol–water partition coefficient (Wildman–Crippen LogP) is -0.725. The van der Waals surface area contributed by atoms with E-state index in [4.69, 9.17) is 4.74 Å². The average molecular weight is 341 g/mol. The van der Waals surface area contributed by atoms with E-state index in [9.17, 15) is 9.59 Å². The number of nitrogens with one attached hydrogen (secondary N) is 2. The minimum Gasteiger partial charge on any atom is -0.381 e. The molecule has 5 rings (SSSR count). The Balaban J connectivity index is 1.59. The summed E-state index contributed by atoms with van der Waals surface area (Å²) in [4.78, 5) is 38.7. The Morgan fingerprint density at radius 2 is 1.96 bits per heavy atom. The summed E-state index contributed by atoms with van der Waals surface area (Å²) in [6.45, 7) is 3.37. The largest absolute Gasteiger partial charge is 0.381 e. The summed E-state index contributed by atoms with van der Waals surface area (Å²) in [6.07, 6.45) is 4.53. The quantitative estimate of drug-likeness (QED) is 0.630. The third-order valence-electron chi connectivity index (χ3n) is 4.88. The van der Waals surface area contributed by atoms with Gasteiger partial charge in [-0.05, 0) is 0 Å². The zero-order valence-electron chi connectivity index (χ0n) is 13.2. The normalized spacial score (nSPS) is 22.6. The van der Waals surface area contributed by atoms with Gasteiger partial charge >= 0.3 is 5.69 Å². The maximum atomic E-state index is 12.0. The van der Waals surface area contributed by atoms with Crippen molar-refractivity contribution in [2.24, 2.45) is 11.8 Å². The van der Waals surface area contributed by atoms with Gasteiger partial charge in [0.2, 0.25) is 0 Å². The van der Waals surface area contributed by atoms with Crippen molar-refractivity contribution in [3.8, 4) is 5.69 Å². The van der Waals surface area contributed by atoms with Gasteiger partial charge in [0.05, 0.1) is 18.6 Å². The highest BCUT2D eigenvalue weighted by atomic mass is 16.5. The first-order chi connectivity index (χ1) is 12.2. The minimum absolute atomic E-state index is 0.218. The van der Waals surface area contributed by atoms with E-state index in [1.54, 1.807) is 6.20 Å². The summed E-state index contributed by atoms with van der Waals surface area (Å²) in [5.74, 6) is 1.87. The van der Waals surface area contributed by atoms with Crippen LogP contribution in [0.1, 0.15) is 0 Å². The highest BCUT2D eigenvalue weighted by Gasteiger charge is 2.38. The van der Waals surface area contributed by atoms with E-state index in [1.807, 2.05) is 0 Å². The second-order valence-electron chi connectivity index (χ2n) is 6.43. The molecule has 2 N–H and O–H groups in total. The fourth-order valence-corrected chi connectivity index (χ4v) is 3.63. The standard InChI is InChI=1S/C15H15N7O3/c23-14-11(1-16-15(24)19-14)22-4-10-12(20-22)17-7-18-13(10)21-2-8-5-25-6-9(8)3-21/h1,4,7-9H,2-3,5-6H2,(H2,16,19,23,24)/t8-,9+. The SMILES string of the molecule is O=c1[nH]cc(-n2cc3c(N4C[C@H]5COC[C@H]5C4)ncnc3n2)c(=O)[nH]1. The fraction of sp³-hybridized carbons (Fsp3) is 0.400. The maximum Gasteiger partial charge on any atom is 0.325 e. The molecule has 128 valence electrons. The molecular formula is C15H15N7O3. The van der Waals surface area contributed by atoms with Gasteiger partial charge in [0, 0.05) is 37.3 Å². The first-order valence-electron chi connectivity index (χ1n) is 8.04. The molecule has 10 heteroatoms. The van der Waals surface area contributed by atoms with Crippen molar-refractivity contribution < 1.29 is 4.74 Å². The summed E-state index contributed by atoms with van der Waals surface area (Å²) in [7, 11) is 0. The molecule has 5 heterocycles. The topological polar surface area (TPSA) is 122 Å². The number of ether oxygens (including phenoxy) is 1. The molecule has 3 aromatic rings. The molecule has 2 atom stereocenters. The Morgan fingerprint density at radius 3 is 2.72 bits per heavy atom. The number of rotatable bonds is 2. The fourth-order valence-electron chi connectivity index (χ4n) is 3.63. The number of fused-ring (bicyclic) bond motifs is 2. The highest BCUT2D eigenvalue weighted by Crippen LogP contribution is 2.34. The first-order valence-corrected chi connectivity index (χ1v) is 8.04. The Labute approximate surface area is 140 Å². The summed E-state index contributed by atoms with van der Waals surface area (Å²) < 4.78 is 6.94. The smallest absolute Gasteiger partial charge is 0.325 e. The average Bonchev–Trinajstić information content (AvgIpc) is 3.28. The molecular weight excluding hydrogens is 326 g/mol. The maximum absolute atomic E-state index is 12.0. The molecule has 3 aromatic heterocycles. The Kier molecular flexibility index (Phi) is 3.01. The molecule has 0 saturated carbocycles. The van der Waals surface area contributed by atoms with Crippen LogP contribution in [0.2, 0.25) is 0 Å². The van der Waals surface area contributed by atoms with Crippen molar-refractivity contribution in [3.63, 3.8) is 0 Å². The van der Waals surface area contributed by atoms with Crippen LogP contribution >= 0.6 is 0 Å². The van der Waals surface area contributed by atoms with Gasteiger partial charge in [0.25, 0.3) is 5.56 Å². The number of nitrogens with zero attached hydrogens (tertiary/aromatic N) is 5. The van der Waals surface area contributed by atoms with Crippen LogP contribution in [-0.2, 0) is 4.74 Å². The van der Waals surface area contributed by atoms with Crippen molar-refractivity contribution in [2.45, 2.75) is 0 Å². The third-order valence-corrected chi connectivity index (χ3v) is 4.88. The number of aromatic nitrogens is 6. The van der Waals surface area contributed by atoms with Crippen molar-refractivity contribution in [1.82, 2.24) is 29.7 Å². The number of anilines is 1. The molecule has 0 bridgehead atoms. The van der Waals surface area contributed by atoms with Crippen LogP contribution in [0, 0.1) is 11.8 Å². The second-order valence-corrected chi connectivity index (χ2v) is 6.43. The van der Waals surface area contributed by atoms with Gasteiger partial charge in [0.1, 0.15) is 17.8 Å². The Bertz CT molecular complexity index is 1060. The zero-order chi connectivity index (χ0) is 17.0. The van der Waals surface area contributed by atoms with Crippen molar-refractivity contribution in [2.75, 3.05) is 31.2 Å². The van der Waals surface area contributed by atoms with Gasteiger partial charge in [-0.1, -0.05) is 0 Å². The van der Waals surface area contributed by atoms with E-state index in [-0.39, 0.29) is 5.69 Å². The number of hydrogen-bond acceptors (Lipinski definition) is 7. The summed E-state index contributed by atoms with van der Waals surface area (Å²) in [5, 5.41) is 5.12. The molecule has 0 aromatic carbocycles. The monoisotopic (exact) mass is 341 g/mol. The lowest BCUT2D eigenvalue weighted by molar-refractivity contribution is 0.177. The zero-order valence-corrected chi connectivity index (χ0v) is 13.2. The molecule has 0 aliphatic carbocycles. The van der Waals surface area contributed by atoms with Crippen LogP contribution in [0.5, 0.6) is 0 Å². The molecule has 2 aliphatic rings. The molecule has 2 saturated heterocycles. The molecule has 25 heavy (non-hydrogen) atoms. The van der Waals surface area contributed by atoms with Crippen LogP contribution in [-0.4, -0.2) is 56.0 Å². The minimum atomic E-state index is -0.559.